The fourth-order valence-corrected chi connectivity index (χ4v) is 5.17. The van der Waals surface area contributed by atoms with Crippen LogP contribution < -0.4 is 14.8 Å². The highest BCUT2D eigenvalue weighted by molar-refractivity contribution is 7.92. The highest BCUT2D eigenvalue weighted by atomic mass is 32.2. The lowest BCUT2D eigenvalue weighted by atomic mass is 10.0. The van der Waals surface area contributed by atoms with Gasteiger partial charge in [-0.25, -0.2) is 23.4 Å². The van der Waals surface area contributed by atoms with Crippen LogP contribution in [0.5, 0.6) is 5.75 Å². The van der Waals surface area contributed by atoms with Crippen molar-refractivity contribution in [2.75, 3.05) is 17.1 Å². The molecular weight excluding hydrogens is 514 g/mol. The Balaban J connectivity index is 1.41. The molecule has 10 heteroatoms. The Bertz CT molecular complexity index is 1790. The number of sulfonamides is 1. The number of nitrogens with zero attached hydrogens (tertiary/aromatic N) is 3. The summed E-state index contributed by atoms with van der Waals surface area (Å²) in [7, 11) is -2.29. The second kappa shape index (κ2) is 10.5. The van der Waals surface area contributed by atoms with Gasteiger partial charge in [0.2, 0.25) is 0 Å². The van der Waals surface area contributed by atoms with E-state index in [0.717, 1.165) is 5.56 Å². The zero-order chi connectivity index (χ0) is 27.6. The zero-order valence-corrected chi connectivity index (χ0v) is 22.3. The first-order valence-corrected chi connectivity index (χ1v) is 13.5. The smallest absolute Gasteiger partial charge is 0.263 e. The van der Waals surface area contributed by atoms with Crippen LogP contribution in [0.1, 0.15) is 21.9 Å². The number of aromatic nitrogens is 3. The van der Waals surface area contributed by atoms with Crippen molar-refractivity contribution in [2.45, 2.75) is 18.7 Å². The molecule has 2 N–H and O–H groups in total. The van der Waals surface area contributed by atoms with E-state index in [1.807, 2.05) is 48.5 Å². The highest BCUT2D eigenvalue weighted by Gasteiger charge is 2.18. The number of amides is 1. The Morgan fingerprint density at radius 3 is 2.36 bits per heavy atom. The van der Waals surface area contributed by atoms with Crippen molar-refractivity contribution >= 4 is 38.3 Å². The maximum Gasteiger partial charge on any atom is 0.263 e. The molecule has 0 bridgehead atoms. The molecule has 5 rings (SSSR count). The summed E-state index contributed by atoms with van der Waals surface area (Å²) in [6, 6.07) is 24.1. The second-order valence-electron chi connectivity index (χ2n) is 8.83. The van der Waals surface area contributed by atoms with Gasteiger partial charge in [-0.1, -0.05) is 30.3 Å². The minimum absolute atomic E-state index is 0.0316. The first-order chi connectivity index (χ1) is 18.7. The summed E-state index contributed by atoms with van der Waals surface area (Å²) >= 11 is 0. The number of para-hydroxylation sites is 1. The average Bonchev–Trinajstić information content (AvgIpc) is 2.92. The molecule has 0 atom stereocenters. The fourth-order valence-electron chi connectivity index (χ4n) is 4.18. The molecule has 0 saturated carbocycles. The molecule has 0 radical (unpaired) electrons. The Kier molecular flexibility index (Phi) is 6.95. The van der Waals surface area contributed by atoms with E-state index in [9.17, 15) is 13.2 Å². The summed E-state index contributed by atoms with van der Waals surface area (Å²) in [5.41, 5.74) is 3.63. The molecule has 2 heterocycles. The van der Waals surface area contributed by atoms with Crippen molar-refractivity contribution in [3.63, 3.8) is 0 Å². The summed E-state index contributed by atoms with van der Waals surface area (Å²) in [5, 5.41) is 3.56. The predicted octanol–water partition coefficient (Wildman–Crippen LogP) is 5.37. The van der Waals surface area contributed by atoms with Crippen LogP contribution in [0, 0.1) is 13.8 Å². The number of fused-ring (bicyclic) bond motifs is 1. The molecule has 9 nitrogen and oxygen atoms in total. The van der Waals surface area contributed by atoms with Gasteiger partial charge in [0.25, 0.3) is 15.9 Å². The SMILES string of the molecule is COc1cccc(-c2cc(C(=O)Nc3ccc(S(=O)(=O)Nc4cc(C)nc(C)n4)cc3)c3ccccc3n2)c1. The van der Waals surface area contributed by atoms with Crippen molar-refractivity contribution in [1.82, 2.24) is 15.0 Å². The molecule has 1 amide bonds. The first kappa shape index (κ1) is 25.8. The monoisotopic (exact) mass is 539 g/mol. The van der Waals surface area contributed by atoms with Gasteiger partial charge in [-0.3, -0.25) is 9.52 Å². The number of aryl methyl sites for hydroxylation is 2. The van der Waals surface area contributed by atoms with Crippen LogP contribution in [0.3, 0.4) is 0 Å². The van der Waals surface area contributed by atoms with Crippen molar-refractivity contribution in [1.29, 1.82) is 0 Å². The van der Waals surface area contributed by atoms with Crippen LogP contribution >= 0.6 is 0 Å². The van der Waals surface area contributed by atoms with Crippen molar-refractivity contribution in [3.8, 4) is 17.0 Å². The second-order valence-corrected chi connectivity index (χ2v) is 10.5. The summed E-state index contributed by atoms with van der Waals surface area (Å²) in [6.45, 7) is 3.45. The molecule has 0 fully saturated rings. The average molecular weight is 540 g/mol. The lowest BCUT2D eigenvalue weighted by molar-refractivity contribution is 0.102. The van der Waals surface area contributed by atoms with Gasteiger partial charge in [0.1, 0.15) is 17.4 Å². The van der Waals surface area contributed by atoms with E-state index in [1.54, 1.807) is 33.1 Å². The van der Waals surface area contributed by atoms with Gasteiger partial charge in [-0.2, -0.15) is 0 Å². The van der Waals surface area contributed by atoms with E-state index >= 15 is 0 Å². The maximum atomic E-state index is 13.4. The third-order valence-corrected chi connectivity index (χ3v) is 7.32. The summed E-state index contributed by atoms with van der Waals surface area (Å²) in [6.07, 6.45) is 0. The van der Waals surface area contributed by atoms with E-state index in [2.05, 4.69) is 20.0 Å². The number of benzene rings is 3. The van der Waals surface area contributed by atoms with Gasteiger partial charge in [0.15, 0.2) is 0 Å². The van der Waals surface area contributed by atoms with Gasteiger partial charge in [-0.05, 0) is 62.4 Å². The van der Waals surface area contributed by atoms with E-state index < -0.39 is 10.0 Å². The molecule has 196 valence electrons. The number of carbonyl (C=O) groups is 1. The van der Waals surface area contributed by atoms with E-state index in [4.69, 9.17) is 9.72 Å². The van der Waals surface area contributed by atoms with Crippen LogP contribution in [0.2, 0.25) is 0 Å². The maximum absolute atomic E-state index is 13.4. The topological polar surface area (TPSA) is 123 Å². The Hall–Kier alpha value is -4.83. The number of rotatable bonds is 7. The molecule has 5 aromatic rings. The number of ether oxygens (including phenoxy) is 1. The van der Waals surface area contributed by atoms with Gasteiger partial charge >= 0.3 is 0 Å². The molecule has 0 unspecified atom stereocenters. The lowest BCUT2D eigenvalue weighted by Gasteiger charge is -2.12. The normalized spacial score (nSPS) is 11.3. The summed E-state index contributed by atoms with van der Waals surface area (Å²) < 4.78 is 33.5. The molecular formula is C29H25N5O4S. The van der Waals surface area contributed by atoms with Gasteiger partial charge in [-0.15, -0.1) is 0 Å². The number of hydrogen-bond acceptors (Lipinski definition) is 7. The Labute approximate surface area is 226 Å². The molecule has 2 aromatic heterocycles. The van der Waals surface area contributed by atoms with Crippen molar-refractivity contribution in [3.05, 3.63) is 102 Å². The van der Waals surface area contributed by atoms with Crippen LogP contribution in [0.15, 0.2) is 89.8 Å². The molecule has 3 aromatic carbocycles. The third-order valence-electron chi connectivity index (χ3n) is 5.95. The van der Waals surface area contributed by atoms with Gasteiger partial charge in [0, 0.05) is 28.4 Å². The third kappa shape index (κ3) is 5.70. The van der Waals surface area contributed by atoms with Crippen LogP contribution in [0.25, 0.3) is 22.2 Å². The van der Waals surface area contributed by atoms with E-state index in [-0.39, 0.29) is 16.6 Å². The number of methoxy groups -OCH3 is 1. The standard InChI is InChI=1S/C29H25N5O4S/c1-18-15-28(31-19(2)30-18)34-39(36,37)23-13-11-21(12-14-23)32-29(35)25-17-27(20-7-6-8-22(16-20)38-3)33-26-10-5-4-9-24(25)26/h4-17H,1-3H3,(H,32,35)(H,30,31,34). The Morgan fingerprint density at radius 2 is 1.62 bits per heavy atom. The number of pyridine rings is 1. The van der Waals surface area contributed by atoms with Crippen LogP contribution in [0.4, 0.5) is 11.5 Å². The largest absolute Gasteiger partial charge is 0.497 e. The van der Waals surface area contributed by atoms with Crippen molar-refractivity contribution in [2.24, 2.45) is 0 Å². The molecule has 0 aliphatic carbocycles. The van der Waals surface area contributed by atoms with Gasteiger partial charge < -0.3 is 10.1 Å². The fraction of sp³-hybridized carbons (Fsp3) is 0.103. The van der Waals surface area contributed by atoms with Gasteiger partial charge in [0.05, 0.1) is 28.8 Å². The molecule has 0 aliphatic heterocycles. The highest BCUT2D eigenvalue weighted by Crippen LogP contribution is 2.28. The molecule has 0 aliphatic rings. The zero-order valence-electron chi connectivity index (χ0n) is 21.5. The number of nitrogens with one attached hydrogen (secondary N) is 2. The number of anilines is 2. The van der Waals surface area contributed by atoms with E-state index in [1.165, 1.54) is 24.3 Å². The van der Waals surface area contributed by atoms with Crippen LogP contribution in [-0.4, -0.2) is 36.4 Å². The van der Waals surface area contributed by atoms with Crippen molar-refractivity contribution < 1.29 is 17.9 Å². The molecule has 39 heavy (non-hydrogen) atoms. The molecule has 0 spiro atoms. The predicted molar refractivity (Wildman–Crippen MR) is 150 cm³/mol. The first-order valence-electron chi connectivity index (χ1n) is 12.0. The van der Waals surface area contributed by atoms with Crippen LogP contribution in [-0.2, 0) is 10.0 Å². The minimum atomic E-state index is -3.89. The summed E-state index contributed by atoms with van der Waals surface area (Å²) in [5.74, 6) is 0.985. The Morgan fingerprint density at radius 1 is 0.846 bits per heavy atom. The summed E-state index contributed by atoms with van der Waals surface area (Å²) in [4.78, 5) is 26.5. The number of carbonyl (C=O) groups excluding carboxylic acids is 1. The number of hydrogen-bond donors (Lipinski definition) is 2. The molecule has 0 saturated heterocycles. The van der Waals surface area contributed by atoms with E-state index in [0.29, 0.717) is 45.1 Å². The minimum Gasteiger partial charge on any atom is -0.497 e. The lowest BCUT2D eigenvalue weighted by Crippen LogP contribution is -2.15. The quantitative estimate of drug-likeness (QED) is 0.285.